The second kappa shape index (κ2) is 13.3. The zero-order valence-electron chi connectivity index (χ0n) is 27.1. The lowest BCUT2D eigenvalue weighted by Gasteiger charge is -2.36. The Bertz CT molecular complexity index is 2320. The van der Waals surface area contributed by atoms with E-state index >= 15 is 0 Å². The summed E-state index contributed by atoms with van der Waals surface area (Å²) in [7, 11) is 0. The molecule has 0 bridgehead atoms. The summed E-state index contributed by atoms with van der Waals surface area (Å²) in [5.41, 5.74) is 2.02. The molecule has 0 fully saturated rings. The number of carboxylic acids is 4. The molecule has 0 amide bonds. The van der Waals surface area contributed by atoms with E-state index in [-0.39, 0.29) is 33.8 Å². The third-order valence-corrected chi connectivity index (χ3v) is 9.14. The lowest BCUT2D eigenvalue weighted by atomic mass is 9.67. The van der Waals surface area contributed by atoms with Crippen molar-refractivity contribution in [1.82, 2.24) is 0 Å². The highest BCUT2D eigenvalue weighted by Crippen LogP contribution is 2.44. The van der Waals surface area contributed by atoms with E-state index in [0.717, 1.165) is 33.0 Å². The Kier molecular flexibility index (Phi) is 8.49. The third kappa shape index (κ3) is 6.32. The average Bonchev–Trinajstić information content (AvgIpc) is 3.14. The van der Waals surface area contributed by atoms with Crippen molar-refractivity contribution >= 4 is 40.7 Å². The van der Waals surface area contributed by atoms with E-state index in [1.807, 2.05) is 36.4 Å². The van der Waals surface area contributed by atoms with Crippen molar-refractivity contribution in [3.8, 4) is 23.0 Å². The molecule has 4 N–H and O–H groups in total. The number of carbonyl (C=O) groups is 4. The van der Waals surface area contributed by atoms with Gasteiger partial charge in [-0.3, -0.25) is 0 Å². The van der Waals surface area contributed by atoms with Gasteiger partial charge in [-0.15, -0.1) is 0 Å². The minimum atomic E-state index is -1.38. The smallest absolute Gasteiger partial charge is 0.336 e. The lowest BCUT2D eigenvalue weighted by Crippen LogP contribution is -2.30. The fourth-order valence-corrected chi connectivity index (χ4v) is 6.58. The average molecular weight is 693 g/mol. The molecule has 0 saturated carbocycles. The number of rotatable bonds is 10. The van der Waals surface area contributed by atoms with Gasteiger partial charge in [0.2, 0.25) is 0 Å². The van der Waals surface area contributed by atoms with Gasteiger partial charge in [0.1, 0.15) is 23.0 Å². The lowest BCUT2D eigenvalue weighted by molar-refractivity contribution is 0.0651. The highest BCUT2D eigenvalue weighted by Gasteiger charge is 2.35. The normalized spacial score (nSPS) is 12.8. The summed E-state index contributed by atoms with van der Waals surface area (Å²) < 4.78 is 11.9. The first-order chi connectivity index (χ1) is 25.0. The Morgan fingerprint density at radius 1 is 0.481 bits per heavy atom. The van der Waals surface area contributed by atoms with Crippen LogP contribution in [0.1, 0.15) is 63.7 Å². The summed E-state index contributed by atoms with van der Waals surface area (Å²) in [4.78, 5) is 46.4. The van der Waals surface area contributed by atoms with Gasteiger partial charge in [0.05, 0.1) is 22.3 Å². The van der Waals surface area contributed by atoms with Crippen LogP contribution in [-0.2, 0) is 11.8 Å². The van der Waals surface area contributed by atoms with E-state index < -0.39 is 29.3 Å². The largest absolute Gasteiger partial charge is 0.478 e. The van der Waals surface area contributed by atoms with Crippen molar-refractivity contribution in [2.24, 2.45) is 0 Å². The number of hydrogen-bond donors (Lipinski definition) is 4. The summed E-state index contributed by atoms with van der Waals surface area (Å²) in [6.07, 6.45) is 4.87. The van der Waals surface area contributed by atoms with Crippen LogP contribution in [0.3, 0.4) is 0 Å². The van der Waals surface area contributed by atoms with Crippen LogP contribution in [0.2, 0.25) is 0 Å². The molecule has 0 aromatic heterocycles. The zero-order valence-corrected chi connectivity index (χ0v) is 27.1. The summed E-state index contributed by atoms with van der Waals surface area (Å²) >= 11 is 0. The molecular weight excluding hydrogens is 664 g/mol. The summed E-state index contributed by atoms with van der Waals surface area (Å²) in [5.74, 6) is -4.28. The van der Waals surface area contributed by atoms with Gasteiger partial charge in [-0.2, -0.15) is 0 Å². The van der Waals surface area contributed by atoms with Crippen LogP contribution in [0.25, 0.3) is 16.8 Å². The standard InChI is InChI=1S/C42H28O10/c43-38(44)34-15-13-32(21-36(34)40(47)48)51-30-9-5-28(6-10-30)42(18-17-26-19-24-3-1-2-4-25(24)20-27(26)23-42)29-7-11-31(12-8-29)52-33-14-16-35(39(45)46)37(22-33)41(49)50/h1-22H,23H2,(H,43,44)(H,45,46)(H,47,48)(H,49,50). The summed E-state index contributed by atoms with van der Waals surface area (Å²) in [6, 6.07) is 34.9. The molecule has 0 saturated heterocycles. The van der Waals surface area contributed by atoms with Crippen molar-refractivity contribution in [1.29, 1.82) is 0 Å². The van der Waals surface area contributed by atoms with E-state index in [2.05, 4.69) is 36.4 Å². The highest BCUT2D eigenvalue weighted by atomic mass is 16.5. The summed E-state index contributed by atoms with van der Waals surface area (Å²) in [6.45, 7) is 0. The number of fused-ring (bicyclic) bond motifs is 2. The van der Waals surface area contributed by atoms with Gasteiger partial charge < -0.3 is 29.9 Å². The Morgan fingerprint density at radius 2 is 0.904 bits per heavy atom. The molecule has 6 aromatic carbocycles. The van der Waals surface area contributed by atoms with Crippen molar-refractivity contribution < 1.29 is 49.1 Å². The predicted molar refractivity (Wildman–Crippen MR) is 191 cm³/mol. The monoisotopic (exact) mass is 692 g/mol. The number of aromatic carboxylic acids is 4. The maximum absolute atomic E-state index is 11.7. The number of allylic oxidation sites excluding steroid dienone is 1. The van der Waals surface area contributed by atoms with Gasteiger partial charge >= 0.3 is 23.9 Å². The van der Waals surface area contributed by atoms with Crippen LogP contribution in [0.5, 0.6) is 23.0 Å². The van der Waals surface area contributed by atoms with Gasteiger partial charge in [-0.05, 0) is 106 Å². The number of carboxylic acid groups (broad SMARTS) is 4. The first kappa shape index (κ1) is 33.3. The fourth-order valence-electron chi connectivity index (χ4n) is 6.58. The van der Waals surface area contributed by atoms with E-state index in [0.29, 0.717) is 17.9 Å². The quantitative estimate of drug-likeness (QED) is 0.109. The zero-order chi connectivity index (χ0) is 36.6. The molecule has 1 aliphatic rings. The molecule has 10 nitrogen and oxygen atoms in total. The number of ether oxygens (including phenoxy) is 2. The fraction of sp³-hybridized carbons (Fsp3) is 0.0476. The maximum atomic E-state index is 11.7. The Morgan fingerprint density at radius 3 is 1.35 bits per heavy atom. The SMILES string of the molecule is O=C(O)c1ccc(Oc2ccc(C3(c4ccc(Oc5ccc(C(=O)O)c(C(=O)O)c5)cc4)C=Cc4cc5ccccc5cc4C3)cc2)cc1C(=O)O. The molecule has 0 unspecified atom stereocenters. The van der Waals surface area contributed by atoms with E-state index in [1.165, 1.54) is 36.4 Å². The van der Waals surface area contributed by atoms with Crippen LogP contribution in [0.15, 0.2) is 127 Å². The van der Waals surface area contributed by atoms with Crippen LogP contribution in [0, 0.1) is 0 Å². The summed E-state index contributed by atoms with van der Waals surface area (Å²) in [5, 5.41) is 40.0. The first-order valence-corrected chi connectivity index (χ1v) is 16.0. The molecule has 1 aliphatic carbocycles. The Balaban J connectivity index is 1.23. The van der Waals surface area contributed by atoms with E-state index in [1.54, 1.807) is 24.3 Å². The highest BCUT2D eigenvalue weighted by molar-refractivity contribution is 6.02. The van der Waals surface area contributed by atoms with Crippen LogP contribution in [-0.4, -0.2) is 44.3 Å². The maximum Gasteiger partial charge on any atom is 0.336 e. The third-order valence-electron chi connectivity index (χ3n) is 9.14. The first-order valence-electron chi connectivity index (χ1n) is 16.0. The molecule has 0 atom stereocenters. The molecule has 256 valence electrons. The van der Waals surface area contributed by atoms with Crippen LogP contribution < -0.4 is 9.47 Å². The predicted octanol–water partition coefficient (Wildman–Crippen LogP) is 8.77. The van der Waals surface area contributed by atoms with Crippen LogP contribution in [0.4, 0.5) is 0 Å². The molecule has 7 rings (SSSR count). The molecular formula is C42H28O10. The molecule has 0 radical (unpaired) electrons. The van der Waals surface area contributed by atoms with Gasteiger partial charge in [0.15, 0.2) is 0 Å². The van der Waals surface area contributed by atoms with E-state index in [4.69, 9.17) is 9.47 Å². The topological polar surface area (TPSA) is 168 Å². The Hall–Kier alpha value is -7.20. The number of hydrogen-bond acceptors (Lipinski definition) is 6. The second-order valence-electron chi connectivity index (χ2n) is 12.3. The van der Waals surface area contributed by atoms with Gasteiger partial charge in [0.25, 0.3) is 0 Å². The molecule has 0 heterocycles. The van der Waals surface area contributed by atoms with Crippen molar-refractivity contribution in [2.75, 3.05) is 0 Å². The molecule has 10 heteroatoms. The molecule has 6 aromatic rings. The minimum absolute atomic E-state index is 0.173. The molecule has 52 heavy (non-hydrogen) atoms. The second-order valence-corrected chi connectivity index (χ2v) is 12.3. The Labute approximate surface area is 296 Å². The van der Waals surface area contributed by atoms with Crippen molar-refractivity contribution in [3.05, 3.63) is 172 Å². The number of benzene rings is 6. The minimum Gasteiger partial charge on any atom is -0.478 e. The van der Waals surface area contributed by atoms with Crippen molar-refractivity contribution in [2.45, 2.75) is 11.8 Å². The van der Waals surface area contributed by atoms with Crippen molar-refractivity contribution in [3.63, 3.8) is 0 Å². The van der Waals surface area contributed by atoms with Gasteiger partial charge in [-0.1, -0.05) is 66.7 Å². The van der Waals surface area contributed by atoms with Gasteiger partial charge in [0, 0.05) is 5.41 Å². The van der Waals surface area contributed by atoms with Crippen LogP contribution >= 0.6 is 0 Å². The molecule has 0 aliphatic heterocycles. The molecule has 0 spiro atoms. The van der Waals surface area contributed by atoms with Gasteiger partial charge in [-0.25, -0.2) is 19.2 Å². The van der Waals surface area contributed by atoms with E-state index in [9.17, 15) is 39.6 Å².